The van der Waals surface area contributed by atoms with Crippen molar-refractivity contribution in [3.8, 4) is 11.4 Å². The Balaban J connectivity index is 2.49. The van der Waals surface area contributed by atoms with Gasteiger partial charge in [-0.1, -0.05) is 11.6 Å². The van der Waals surface area contributed by atoms with Crippen LogP contribution in [-0.2, 0) is 0 Å². The van der Waals surface area contributed by atoms with Crippen LogP contribution in [0.5, 0.6) is 5.75 Å². The zero-order valence-electron chi connectivity index (χ0n) is 6.42. The third-order valence-corrected chi connectivity index (χ3v) is 1.85. The van der Waals surface area contributed by atoms with Crippen molar-refractivity contribution in [2.75, 3.05) is 0 Å². The van der Waals surface area contributed by atoms with Crippen LogP contribution < -0.4 is 0 Å². The van der Waals surface area contributed by atoms with Gasteiger partial charge in [-0.2, -0.15) is 0 Å². The minimum atomic E-state index is 0.0403. The monoisotopic (exact) mass is 196 g/mol. The van der Waals surface area contributed by atoms with Gasteiger partial charge in [0.15, 0.2) is 0 Å². The molecule has 0 spiro atoms. The predicted octanol–water partition coefficient (Wildman–Crippen LogP) is 1.02. The Morgan fingerprint density at radius 1 is 1.38 bits per heavy atom. The minimum Gasteiger partial charge on any atom is -0.506 e. The Hall–Kier alpha value is -1.62. The fourth-order valence-corrected chi connectivity index (χ4v) is 1.09. The third kappa shape index (κ3) is 1.46. The number of benzene rings is 1. The van der Waals surface area contributed by atoms with Crippen LogP contribution in [0.2, 0.25) is 5.02 Å². The van der Waals surface area contributed by atoms with Gasteiger partial charge in [0, 0.05) is 0 Å². The number of rotatable bonds is 1. The molecule has 2 rings (SSSR count). The van der Waals surface area contributed by atoms with E-state index in [1.165, 1.54) is 17.1 Å². The SMILES string of the molecule is Oc1ccc(-n2cnnn2)cc1Cl. The van der Waals surface area contributed by atoms with Crippen molar-refractivity contribution < 1.29 is 5.11 Å². The number of nitrogens with zero attached hydrogens (tertiary/aromatic N) is 4. The van der Waals surface area contributed by atoms with Crippen LogP contribution in [0.1, 0.15) is 0 Å². The molecule has 0 saturated heterocycles. The van der Waals surface area contributed by atoms with Gasteiger partial charge in [-0.25, -0.2) is 4.68 Å². The first-order valence-corrected chi connectivity index (χ1v) is 3.87. The zero-order valence-corrected chi connectivity index (χ0v) is 7.18. The molecule has 0 aliphatic carbocycles. The van der Waals surface area contributed by atoms with Crippen molar-refractivity contribution in [1.29, 1.82) is 0 Å². The number of hydrogen-bond acceptors (Lipinski definition) is 4. The molecule has 13 heavy (non-hydrogen) atoms. The van der Waals surface area contributed by atoms with E-state index in [2.05, 4.69) is 15.5 Å². The summed E-state index contributed by atoms with van der Waals surface area (Å²) in [6, 6.07) is 4.73. The molecule has 0 unspecified atom stereocenters. The van der Waals surface area contributed by atoms with E-state index in [-0.39, 0.29) is 10.8 Å². The second-order valence-electron chi connectivity index (χ2n) is 2.39. The molecule has 1 aromatic carbocycles. The number of hydrogen-bond donors (Lipinski definition) is 1. The summed E-state index contributed by atoms with van der Waals surface area (Å²) in [7, 11) is 0. The molecule has 2 aromatic rings. The van der Waals surface area contributed by atoms with E-state index in [1.807, 2.05) is 0 Å². The van der Waals surface area contributed by atoms with E-state index in [9.17, 15) is 0 Å². The van der Waals surface area contributed by atoms with E-state index >= 15 is 0 Å². The Labute approximate surface area is 78.6 Å². The summed E-state index contributed by atoms with van der Waals surface area (Å²) < 4.78 is 1.45. The molecule has 0 aliphatic rings. The van der Waals surface area contributed by atoms with Crippen LogP contribution in [-0.4, -0.2) is 25.3 Å². The number of halogens is 1. The average molecular weight is 197 g/mol. The largest absolute Gasteiger partial charge is 0.506 e. The predicted molar refractivity (Wildman–Crippen MR) is 45.8 cm³/mol. The van der Waals surface area contributed by atoms with E-state index in [0.29, 0.717) is 5.69 Å². The number of aromatic nitrogens is 4. The van der Waals surface area contributed by atoms with Crippen molar-refractivity contribution in [3.05, 3.63) is 29.5 Å². The molecule has 0 radical (unpaired) electrons. The van der Waals surface area contributed by atoms with Crippen molar-refractivity contribution in [1.82, 2.24) is 20.2 Å². The summed E-state index contributed by atoms with van der Waals surface area (Å²) >= 11 is 5.70. The summed E-state index contributed by atoms with van der Waals surface area (Å²) in [6.45, 7) is 0. The van der Waals surface area contributed by atoms with E-state index in [0.717, 1.165) is 0 Å². The maximum Gasteiger partial charge on any atom is 0.143 e. The first-order chi connectivity index (χ1) is 6.27. The first-order valence-electron chi connectivity index (χ1n) is 3.49. The standard InChI is InChI=1S/C7H5ClN4O/c8-6-3-5(1-2-7(6)13)12-4-9-10-11-12/h1-4,13H. The summed E-state index contributed by atoms with van der Waals surface area (Å²) in [5, 5.41) is 20.0. The average Bonchev–Trinajstić information content (AvgIpc) is 2.62. The van der Waals surface area contributed by atoms with Crippen LogP contribution in [0.25, 0.3) is 5.69 Å². The Bertz CT molecular complexity index is 414. The minimum absolute atomic E-state index is 0.0403. The van der Waals surface area contributed by atoms with Gasteiger partial charge in [0.2, 0.25) is 0 Å². The second-order valence-corrected chi connectivity index (χ2v) is 2.80. The van der Waals surface area contributed by atoms with Gasteiger partial charge >= 0.3 is 0 Å². The van der Waals surface area contributed by atoms with E-state index in [1.54, 1.807) is 12.1 Å². The van der Waals surface area contributed by atoms with Crippen LogP contribution in [0.4, 0.5) is 0 Å². The topological polar surface area (TPSA) is 63.8 Å². The lowest BCUT2D eigenvalue weighted by atomic mass is 10.3. The molecule has 0 amide bonds. The van der Waals surface area contributed by atoms with Gasteiger partial charge in [-0.05, 0) is 28.6 Å². The normalized spacial score (nSPS) is 10.2. The van der Waals surface area contributed by atoms with Crippen molar-refractivity contribution in [2.24, 2.45) is 0 Å². The van der Waals surface area contributed by atoms with Crippen molar-refractivity contribution >= 4 is 11.6 Å². The molecule has 1 N–H and O–H groups in total. The molecule has 6 heteroatoms. The highest BCUT2D eigenvalue weighted by Crippen LogP contribution is 2.24. The van der Waals surface area contributed by atoms with E-state index in [4.69, 9.17) is 16.7 Å². The summed E-state index contributed by atoms with van der Waals surface area (Å²) in [5.41, 5.74) is 0.702. The summed E-state index contributed by atoms with van der Waals surface area (Å²) in [5.74, 6) is 0.0403. The van der Waals surface area contributed by atoms with Gasteiger partial charge in [-0.3, -0.25) is 0 Å². The fourth-order valence-electron chi connectivity index (χ4n) is 0.918. The van der Waals surface area contributed by atoms with Gasteiger partial charge in [0.05, 0.1) is 10.7 Å². The molecule has 0 bridgehead atoms. The molecule has 0 atom stereocenters. The first kappa shape index (κ1) is 8.00. The molecule has 5 nitrogen and oxygen atoms in total. The molecule has 66 valence electrons. The van der Waals surface area contributed by atoms with Gasteiger partial charge < -0.3 is 5.11 Å². The molecule has 0 saturated carbocycles. The number of tetrazole rings is 1. The van der Waals surface area contributed by atoms with Crippen molar-refractivity contribution in [3.63, 3.8) is 0 Å². The molecule has 0 aliphatic heterocycles. The summed E-state index contributed by atoms with van der Waals surface area (Å²) in [6.07, 6.45) is 1.45. The van der Waals surface area contributed by atoms with Crippen LogP contribution in [0.15, 0.2) is 24.5 Å². The lowest BCUT2D eigenvalue weighted by Gasteiger charge is -2.00. The lowest BCUT2D eigenvalue weighted by molar-refractivity contribution is 0.475. The van der Waals surface area contributed by atoms with Crippen LogP contribution in [0.3, 0.4) is 0 Å². The highest BCUT2D eigenvalue weighted by atomic mass is 35.5. The van der Waals surface area contributed by atoms with E-state index < -0.39 is 0 Å². The molecule has 1 aromatic heterocycles. The van der Waals surface area contributed by atoms with Gasteiger partial charge in [0.25, 0.3) is 0 Å². The maximum atomic E-state index is 9.15. The Kier molecular flexibility index (Phi) is 1.86. The lowest BCUT2D eigenvalue weighted by Crippen LogP contribution is -1.94. The highest BCUT2D eigenvalue weighted by molar-refractivity contribution is 6.32. The molecule has 0 fully saturated rings. The van der Waals surface area contributed by atoms with Gasteiger partial charge in [-0.15, -0.1) is 5.10 Å². The highest BCUT2D eigenvalue weighted by Gasteiger charge is 2.01. The number of aromatic hydroxyl groups is 1. The van der Waals surface area contributed by atoms with Crippen LogP contribution >= 0.6 is 11.6 Å². The maximum absolute atomic E-state index is 9.15. The van der Waals surface area contributed by atoms with Crippen molar-refractivity contribution in [2.45, 2.75) is 0 Å². The third-order valence-electron chi connectivity index (χ3n) is 1.54. The molecular weight excluding hydrogens is 192 g/mol. The number of phenols is 1. The summed E-state index contributed by atoms with van der Waals surface area (Å²) in [4.78, 5) is 0. The second kappa shape index (κ2) is 3.02. The number of phenolic OH excluding ortho intramolecular Hbond substituents is 1. The quantitative estimate of drug-likeness (QED) is 0.740. The molecular formula is C7H5ClN4O. The Morgan fingerprint density at radius 2 is 2.23 bits per heavy atom. The fraction of sp³-hybridized carbons (Fsp3) is 0. The van der Waals surface area contributed by atoms with Gasteiger partial charge in [0.1, 0.15) is 12.1 Å². The zero-order chi connectivity index (χ0) is 9.26. The van der Waals surface area contributed by atoms with Crippen LogP contribution in [0, 0.1) is 0 Å². The smallest absolute Gasteiger partial charge is 0.143 e. The molecule has 1 heterocycles. The Morgan fingerprint density at radius 3 is 2.85 bits per heavy atom.